The van der Waals surface area contributed by atoms with Gasteiger partial charge in [-0.25, -0.2) is 0 Å². The molecule has 1 aliphatic heterocycles. The predicted octanol–water partition coefficient (Wildman–Crippen LogP) is 1.69. The van der Waals surface area contributed by atoms with Gasteiger partial charge in [-0.05, 0) is 0 Å². The van der Waals surface area contributed by atoms with Crippen molar-refractivity contribution in [3.05, 3.63) is 0 Å². The fourth-order valence-corrected chi connectivity index (χ4v) is 3.19. The summed E-state index contributed by atoms with van der Waals surface area (Å²) in [6.07, 6.45) is -2.04. The van der Waals surface area contributed by atoms with Crippen molar-refractivity contribution >= 4 is 30.6 Å². The molecule has 0 radical (unpaired) electrons. The summed E-state index contributed by atoms with van der Waals surface area (Å²) in [7, 11) is 0. The van der Waals surface area contributed by atoms with E-state index in [4.69, 9.17) is 9.05 Å². The molecule has 5 heteroatoms. The van der Waals surface area contributed by atoms with Gasteiger partial charge in [-0.15, -0.1) is 0 Å². The summed E-state index contributed by atoms with van der Waals surface area (Å²) in [5.41, 5.74) is 0. The topological polar surface area (TPSA) is 18.5 Å². The first kappa shape index (κ1) is 7.16. The van der Waals surface area contributed by atoms with Crippen molar-refractivity contribution in [2.75, 3.05) is 6.61 Å². The van der Waals surface area contributed by atoms with Gasteiger partial charge in [-0.1, -0.05) is 0 Å². The maximum absolute atomic E-state index is 5.19. The Morgan fingerprint density at radius 3 is 2.38 bits per heavy atom. The third kappa shape index (κ3) is 1.78. The van der Waals surface area contributed by atoms with Crippen LogP contribution in [0.15, 0.2) is 0 Å². The molecular formula is C3H9O2PS2. The molecule has 0 saturated carbocycles. The van der Waals surface area contributed by atoms with Gasteiger partial charge in [-0.2, -0.15) is 0 Å². The normalized spacial score (nSPS) is 39.6. The number of hydrogen-bond acceptors (Lipinski definition) is 4. The molecule has 0 N–H and O–H groups in total. The molecule has 8 heavy (non-hydrogen) atoms. The Morgan fingerprint density at radius 2 is 2.25 bits per heavy atom. The molecule has 1 aliphatic rings. The molecule has 50 valence electrons. The van der Waals surface area contributed by atoms with E-state index in [0.717, 1.165) is 0 Å². The van der Waals surface area contributed by atoms with Crippen molar-refractivity contribution in [2.45, 2.75) is 13.0 Å². The van der Waals surface area contributed by atoms with Gasteiger partial charge in [0.25, 0.3) is 0 Å². The summed E-state index contributed by atoms with van der Waals surface area (Å²) in [6, 6.07) is 0. The predicted molar refractivity (Wildman–Crippen MR) is 42.8 cm³/mol. The molecule has 2 nitrogen and oxygen atoms in total. The van der Waals surface area contributed by atoms with Crippen LogP contribution < -0.4 is 0 Å². The van der Waals surface area contributed by atoms with E-state index in [9.17, 15) is 0 Å². The van der Waals surface area contributed by atoms with Crippen molar-refractivity contribution in [1.82, 2.24) is 0 Å². The minimum absolute atomic E-state index is 0.177. The van der Waals surface area contributed by atoms with Gasteiger partial charge in [-0.3, -0.25) is 0 Å². The van der Waals surface area contributed by atoms with E-state index >= 15 is 0 Å². The van der Waals surface area contributed by atoms with Crippen LogP contribution in [0.5, 0.6) is 0 Å². The van der Waals surface area contributed by atoms with Crippen LogP contribution in [0.4, 0.5) is 0 Å². The zero-order valence-electron chi connectivity index (χ0n) is 4.50. The average molecular weight is 172 g/mol. The summed E-state index contributed by atoms with van der Waals surface area (Å²) < 4.78 is 10.3. The second kappa shape index (κ2) is 2.35. The van der Waals surface area contributed by atoms with E-state index in [-0.39, 0.29) is 6.10 Å². The second-order valence-electron chi connectivity index (χ2n) is 1.79. The third-order valence-electron chi connectivity index (χ3n) is 0.861. The van der Waals surface area contributed by atoms with Crippen LogP contribution in [-0.4, -0.2) is 12.7 Å². The van der Waals surface area contributed by atoms with Gasteiger partial charge in [0, 0.05) is 0 Å². The first-order valence-electron chi connectivity index (χ1n) is 2.37. The van der Waals surface area contributed by atoms with Crippen molar-refractivity contribution < 1.29 is 9.05 Å². The standard InChI is InChI=1S/C3H9O2PS2/c1-3-2-4-6(7,8)5-3/h3,6-8H,2H2,1H3. The number of thiol groups is 2. The molecule has 0 bridgehead atoms. The Balaban J connectivity index is 2.44. The van der Waals surface area contributed by atoms with Gasteiger partial charge in [0.2, 0.25) is 0 Å². The van der Waals surface area contributed by atoms with Gasteiger partial charge < -0.3 is 0 Å². The molecule has 0 aliphatic carbocycles. The molecule has 0 aromatic heterocycles. The molecule has 1 atom stereocenters. The quantitative estimate of drug-likeness (QED) is 0.428. The van der Waals surface area contributed by atoms with Crippen LogP contribution in [0.25, 0.3) is 0 Å². The third-order valence-corrected chi connectivity index (χ3v) is 3.52. The summed E-state index contributed by atoms with van der Waals surface area (Å²) in [5, 5.41) is 0. The molecule has 0 aromatic rings. The average Bonchev–Trinajstić information content (AvgIpc) is 1.82. The maximum atomic E-state index is 5.19. The van der Waals surface area contributed by atoms with E-state index in [1.54, 1.807) is 0 Å². The molecule has 1 heterocycles. The summed E-state index contributed by atoms with van der Waals surface area (Å²) in [4.78, 5) is 0. The van der Waals surface area contributed by atoms with Crippen LogP contribution in [0.3, 0.4) is 0 Å². The fraction of sp³-hybridized carbons (Fsp3) is 1.00. The van der Waals surface area contributed by atoms with Crippen molar-refractivity contribution in [3.8, 4) is 0 Å². The second-order valence-corrected chi connectivity index (χ2v) is 8.00. The zero-order chi connectivity index (χ0) is 6.20. The Morgan fingerprint density at radius 1 is 1.62 bits per heavy atom. The molecule has 1 unspecified atom stereocenters. The summed E-state index contributed by atoms with van der Waals surface area (Å²) >= 11 is 8.13. The molecule has 1 rings (SSSR count). The fourth-order valence-electron chi connectivity index (χ4n) is 0.556. The van der Waals surface area contributed by atoms with Crippen LogP contribution >= 0.6 is 30.6 Å². The van der Waals surface area contributed by atoms with Crippen molar-refractivity contribution in [1.29, 1.82) is 0 Å². The SMILES string of the molecule is CC1CO[PH](S)(S)O1. The van der Waals surface area contributed by atoms with Crippen molar-refractivity contribution in [3.63, 3.8) is 0 Å². The van der Waals surface area contributed by atoms with Gasteiger partial charge in [0.15, 0.2) is 0 Å². The van der Waals surface area contributed by atoms with Crippen LogP contribution in [0, 0.1) is 0 Å². The van der Waals surface area contributed by atoms with E-state index in [2.05, 4.69) is 24.5 Å². The molecule has 1 fully saturated rings. The van der Waals surface area contributed by atoms with Crippen LogP contribution in [-0.2, 0) is 9.05 Å². The molecular weight excluding hydrogens is 163 g/mol. The Labute approximate surface area is 59.8 Å². The van der Waals surface area contributed by atoms with Gasteiger partial charge >= 0.3 is 59.3 Å². The van der Waals surface area contributed by atoms with E-state index in [0.29, 0.717) is 6.61 Å². The molecule has 0 spiro atoms. The minimum atomic E-state index is -2.21. The Hall–Kier alpha value is 1.05. The summed E-state index contributed by atoms with van der Waals surface area (Å²) in [6.45, 7) is 2.58. The first-order chi connectivity index (χ1) is 3.60. The molecule has 0 amide bonds. The van der Waals surface area contributed by atoms with E-state index < -0.39 is 6.12 Å². The number of hydrogen-bond donors (Lipinski definition) is 2. The Kier molecular flexibility index (Phi) is 2.10. The Bertz CT molecular complexity index is 97.3. The van der Waals surface area contributed by atoms with Crippen LogP contribution in [0.1, 0.15) is 6.92 Å². The first-order valence-corrected chi connectivity index (χ1v) is 6.76. The van der Waals surface area contributed by atoms with Gasteiger partial charge in [0.1, 0.15) is 0 Å². The summed E-state index contributed by atoms with van der Waals surface area (Å²) in [5.74, 6) is 0. The van der Waals surface area contributed by atoms with Gasteiger partial charge in [0.05, 0.1) is 0 Å². The zero-order valence-corrected chi connectivity index (χ0v) is 7.28. The van der Waals surface area contributed by atoms with E-state index in [1.807, 2.05) is 6.92 Å². The molecule has 0 aromatic carbocycles. The number of rotatable bonds is 0. The van der Waals surface area contributed by atoms with Crippen molar-refractivity contribution in [2.24, 2.45) is 0 Å². The van der Waals surface area contributed by atoms with Crippen LogP contribution in [0.2, 0.25) is 0 Å². The van der Waals surface area contributed by atoms with E-state index in [1.165, 1.54) is 0 Å². The monoisotopic (exact) mass is 172 g/mol. The molecule has 1 saturated heterocycles.